The smallest absolute Gasteiger partial charge is 0.306 e. The van der Waals surface area contributed by atoms with E-state index in [2.05, 4.69) is 19.9 Å². The third kappa shape index (κ3) is 28.8. The topological polar surface area (TPSA) is 152 Å². The summed E-state index contributed by atoms with van der Waals surface area (Å²) in [7, 11) is 0. The summed E-state index contributed by atoms with van der Waals surface area (Å²) in [4.78, 5) is 25.3. The van der Waals surface area contributed by atoms with Gasteiger partial charge in [0.25, 0.3) is 0 Å². The Hall–Kier alpha value is -1.56. The number of carbonyl (C=O) groups excluding carboxylic acids is 2. The Morgan fingerprint density at radius 1 is 0.536 bits per heavy atom. The molecule has 0 aromatic carbocycles. The first-order chi connectivity index (χ1) is 27.3. The van der Waals surface area contributed by atoms with E-state index in [1.165, 1.54) is 148 Å². The number of allylic oxidation sites excluding steroid dienone is 2. The molecule has 0 amide bonds. The zero-order valence-corrected chi connectivity index (χ0v) is 35.9. The monoisotopic (exact) mass is 799 g/mol. The molecule has 1 aliphatic rings. The van der Waals surface area contributed by atoms with Gasteiger partial charge >= 0.3 is 11.9 Å². The first-order valence-corrected chi connectivity index (χ1v) is 23.3. The van der Waals surface area contributed by atoms with Crippen LogP contribution < -0.4 is 0 Å². The molecule has 10 heteroatoms. The van der Waals surface area contributed by atoms with Gasteiger partial charge in [0.1, 0.15) is 31.0 Å². The van der Waals surface area contributed by atoms with Crippen LogP contribution in [0.5, 0.6) is 0 Å². The Morgan fingerprint density at radius 2 is 0.982 bits per heavy atom. The van der Waals surface area contributed by atoms with Crippen LogP contribution in [0.15, 0.2) is 12.2 Å². The van der Waals surface area contributed by atoms with E-state index in [-0.39, 0.29) is 32.0 Å². The van der Waals surface area contributed by atoms with Gasteiger partial charge in [-0.2, -0.15) is 0 Å². The molecule has 0 aromatic rings. The number of rotatable bonds is 39. The maximum atomic E-state index is 12.7. The summed E-state index contributed by atoms with van der Waals surface area (Å²) in [5.41, 5.74) is 0. The third-order valence-electron chi connectivity index (χ3n) is 10.9. The van der Waals surface area contributed by atoms with Gasteiger partial charge in [0.05, 0.1) is 13.2 Å². The number of aliphatic hydroxyl groups is 4. The van der Waals surface area contributed by atoms with Crippen molar-refractivity contribution in [1.82, 2.24) is 0 Å². The average Bonchev–Trinajstić information content (AvgIpc) is 3.19. The second-order valence-corrected chi connectivity index (χ2v) is 16.2. The Balaban J connectivity index is 2.32. The van der Waals surface area contributed by atoms with Crippen molar-refractivity contribution in [2.24, 2.45) is 0 Å². The normalized spacial score (nSPS) is 20.4. The van der Waals surface area contributed by atoms with E-state index in [4.69, 9.17) is 18.9 Å². The number of carbonyl (C=O) groups is 2. The number of hydrogen-bond acceptors (Lipinski definition) is 10. The minimum Gasteiger partial charge on any atom is -0.462 e. The summed E-state index contributed by atoms with van der Waals surface area (Å²) < 4.78 is 22.1. The quantitative estimate of drug-likeness (QED) is 0.0269. The molecule has 2 unspecified atom stereocenters. The van der Waals surface area contributed by atoms with Crippen LogP contribution in [-0.2, 0) is 28.5 Å². The molecule has 0 bridgehead atoms. The van der Waals surface area contributed by atoms with Gasteiger partial charge in [-0.25, -0.2) is 0 Å². The van der Waals surface area contributed by atoms with Crippen LogP contribution >= 0.6 is 0 Å². The highest BCUT2D eigenvalue weighted by molar-refractivity contribution is 5.70. The van der Waals surface area contributed by atoms with Crippen LogP contribution in [0.25, 0.3) is 0 Å². The molecule has 0 aliphatic carbocycles. The Morgan fingerprint density at radius 3 is 1.46 bits per heavy atom. The summed E-state index contributed by atoms with van der Waals surface area (Å²) in [5.74, 6) is -0.852. The van der Waals surface area contributed by atoms with E-state index in [1.807, 2.05) is 6.08 Å². The maximum Gasteiger partial charge on any atom is 0.306 e. The number of esters is 2. The van der Waals surface area contributed by atoms with E-state index in [1.54, 1.807) is 0 Å². The van der Waals surface area contributed by atoms with Crippen molar-refractivity contribution in [3.05, 3.63) is 12.2 Å². The van der Waals surface area contributed by atoms with Gasteiger partial charge in [0.15, 0.2) is 12.4 Å². The largest absolute Gasteiger partial charge is 0.462 e. The van der Waals surface area contributed by atoms with E-state index >= 15 is 0 Å². The first-order valence-electron chi connectivity index (χ1n) is 23.3. The fraction of sp³-hybridized carbons (Fsp3) is 0.913. The molecule has 1 saturated heterocycles. The summed E-state index contributed by atoms with van der Waals surface area (Å²) in [6.07, 6.45) is 32.3. The van der Waals surface area contributed by atoms with E-state index in [0.29, 0.717) is 6.42 Å². The van der Waals surface area contributed by atoms with Crippen LogP contribution in [0.1, 0.15) is 213 Å². The van der Waals surface area contributed by atoms with Crippen molar-refractivity contribution < 1.29 is 49.0 Å². The molecule has 0 spiro atoms. The lowest BCUT2D eigenvalue weighted by Gasteiger charge is -2.39. The summed E-state index contributed by atoms with van der Waals surface area (Å²) in [5, 5.41) is 40.1. The van der Waals surface area contributed by atoms with E-state index < -0.39 is 49.4 Å². The van der Waals surface area contributed by atoms with Gasteiger partial charge in [0.2, 0.25) is 0 Å². The zero-order valence-electron chi connectivity index (χ0n) is 35.9. The molecule has 10 nitrogen and oxygen atoms in total. The Labute approximate surface area is 341 Å². The molecule has 1 heterocycles. The Kier molecular flexibility index (Phi) is 35.3. The molecule has 6 atom stereocenters. The van der Waals surface area contributed by atoms with Gasteiger partial charge in [-0.1, -0.05) is 187 Å². The molecule has 0 aromatic heterocycles. The van der Waals surface area contributed by atoms with Crippen molar-refractivity contribution in [2.45, 2.75) is 250 Å². The summed E-state index contributed by atoms with van der Waals surface area (Å²) in [6, 6.07) is 0. The highest BCUT2D eigenvalue weighted by Crippen LogP contribution is 2.23. The van der Waals surface area contributed by atoms with Gasteiger partial charge in [0, 0.05) is 12.8 Å². The molecular formula is C46H86O10. The van der Waals surface area contributed by atoms with Gasteiger partial charge in [-0.15, -0.1) is 0 Å². The van der Waals surface area contributed by atoms with Gasteiger partial charge in [-0.05, 0) is 25.7 Å². The van der Waals surface area contributed by atoms with Crippen molar-refractivity contribution in [3.8, 4) is 0 Å². The standard InChI is InChI=1S/C46H86O10/c1-3-5-7-9-11-13-15-17-19-21-22-24-26-28-30-32-34-41(48)53-37-39(38-54-46-45(52)44(51)43(50)40(36-47)56-46)55-42(49)35-33-31-29-27-25-23-20-18-16-14-12-10-8-6-4-2/h29,31,39-40,43-47,50-52H,3-28,30,32-38H2,1-2H3/b31-29+/t39-,40-,43+,44?,45?,46-/m0/s1. The number of unbranched alkanes of at least 4 members (excludes halogenated alkanes) is 26. The molecule has 1 aliphatic heterocycles. The summed E-state index contributed by atoms with van der Waals surface area (Å²) >= 11 is 0. The maximum absolute atomic E-state index is 12.7. The molecule has 0 radical (unpaired) electrons. The first kappa shape index (κ1) is 52.5. The third-order valence-corrected chi connectivity index (χ3v) is 10.9. The molecule has 4 N–H and O–H groups in total. The fourth-order valence-electron chi connectivity index (χ4n) is 7.21. The van der Waals surface area contributed by atoms with Crippen LogP contribution in [0.4, 0.5) is 0 Å². The minimum atomic E-state index is -1.60. The second-order valence-electron chi connectivity index (χ2n) is 16.2. The molecule has 56 heavy (non-hydrogen) atoms. The summed E-state index contributed by atoms with van der Waals surface area (Å²) in [6.45, 7) is 3.41. The zero-order chi connectivity index (χ0) is 40.9. The minimum absolute atomic E-state index is 0.151. The lowest BCUT2D eigenvalue weighted by molar-refractivity contribution is -0.305. The molecule has 0 saturated carbocycles. The van der Waals surface area contributed by atoms with Crippen molar-refractivity contribution in [3.63, 3.8) is 0 Å². The number of ether oxygens (including phenoxy) is 4. The van der Waals surface area contributed by atoms with Crippen LogP contribution in [-0.4, -0.2) is 89.0 Å². The SMILES string of the molecule is CCCCCCCCCCCCC/C=C/CCC(=O)O[C@@H](COC(=O)CCCCCCCCCCCCCCCCCC)CO[C@H]1O[C@@H](CO)[C@@H](O)C(O)C1O. The van der Waals surface area contributed by atoms with E-state index in [9.17, 15) is 30.0 Å². The van der Waals surface area contributed by atoms with Crippen LogP contribution in [0.3, 0.4) is 0 Å². The van der Waals surface area contributed by atoms with Crippen molar-refractivity contribution in [1.29, 1.82) is 0 Å². The predicted molar refractivity (Wildman–Crippen MR) is 224 cm³/mol. The predicted octanol–water partition coefficient (Wildman–Crippen LogP) is 9.95. The molecule has 1 fully saturated rings. The number of hydrogen-bond donors (Lipinski definition) is 4. The lowest BCUT2D eigenvalue weighted by atomic mass is 9.99. The van der Waals surface area contributed by atoms with Crippen LogP contribution in [0, 0.1) is 0 Å². The average molecular weight is 799 g/mol. The second kappa shape index (κ2) is 37.7. The molecule has 330 valence electrons. The van der Waals surface area contributed by atoms with Gasteiger partial charge < -0.3 is 39.4 Å². The number of aliphatic hydroxyl groups excluding tert-OH is 4. The van der Waals surface area contributed by atoms with Crippen LogP contribution in [0.2, 0.25) is 0 Å². The van der Waals surface area contributed by atoms with Crippen molar-refractivity contribution in [2.75, 3.05) is 19.8 Å². The van der Waals surface area contributed by atoms with E-state index in [0.717, 1.165) is 32.1 Å². The Bertz CT molecular complexity index is 928. The molecular weight excluding hydrogens is 712 g/mol. The van der Waals surface area contributed by atoms with Gasteiger partial charge in [-0.3, -0.25) is 9.59 Å². The highest BCUT2D eigenvalue weighted by atomic mass is 16.7. The highest BCUT2D eigenvalue weighted by Gasteiger charge is 2.44. The fourth-order valence-corrected chi connectivity index (χ4v) is 7.21. The molecule has 1 rings (SSSR count). The van der Waals surface area contributed by atoms with Crippen molar-refractivity contribution >= 4 is 11.9 Å². The lowest BCUT2D eigenvalue weighted by Crippen LogP contribution is -2.59.